The smallest absolute Gasteiger partial charge is 0.231 e. The Morgan fingerprint density at radius 2 is 2.09 bits per heavy atom. The average molecular weight is 311 g/mol. The van der Waals surface area contributed by atoms with Crippen molar-refractivity contribution in [2.45, 2.75) is 43.7 Å². The Bertz CT molecular complexity index is 683. The van der Waals surface area contributed by atoms with Crippen LogP contribution >= 0.6 is 0 Å². The lowest BCUT2D eigenvalue weighted by molar-refractivity contribution is -0.124. The Hall–Kier alpha value is -2.30. The van der Waals surface area contributed by atoms with Gasteiger partial charge in [-0.2, -0.15) is 5.10 Å². The van der Waals surface area contributed by atoms with Crippen molar-refractivity contribution in [1.29, 1.82) is 0 Å². The number of nitrogens with one attached hydrogen (secondary N) is 1. The third-order valence-electron chi connectivity index (χ3n) is 4.94. The predicted molar refractivity (Wildman–Crippen MR) is 86.3 cm³/mol. The van der Waals surface area contributed by atoms with E-state index in [1.165, 1.54) is 6.42 Å². The largest absolute Gasteiger partial charge is 0.492 e. The number of hydrogen-bond donors (Lipinski definition) is 1. The quantitative estimate of drug-likeness (QED) is 0.948. The van der Waals surface area contributed by atoms with Crippen LogP contribution in [0.4, 0.5) is 0 Å². The molecule has 0 saturated heterocycles. The normalized spacial score (nSPS) is 26.3. The molecule has 1 aliphatic heterocycles. The van der Waals surface area contributed by atoms with Crippen LogP contribution in [-0.4, -0.2) is 28.3 Å². The zero-order chi connectivity index (χ0) is 15.6. The number of aromatic nitrogens is 2. The van der Waals surface area contributed by atoms with E-state index >= 15 is 0 Å². The van der Waals surface area contributed by atoms with Crippen LogP contribution in [0.2, 0.25) is 0 Å². The minimum atomic E-state index is -0.202. The van der Waals surface area contributed by atoms with Crippen LogP contribution in [-0.2, 0) is 4.79 Å². The molecule has 0 unspecified atom stereocenters. The summed E-state index contributed by atoms with van der Waals surface area (Å²) < 4.78 is 7.63. The van der Waals surface area contributed by atoms with Gasteiger partial charge in [-0.3, -0.25) is 9.48 Å². The van der Waals surface area contributed by atoms with Gasteiger partial charge in [0.1, 0.15) is 18.3 Å². The second-order valence-electron chi connectivity index (χ2n) is 6.35. The van der Waals surface area contributed by atoms with E-state index in [0.717, 1.165) is 30.6 Å². The molecule has 1 N–H and O–H groups in total. The number of carbonyl (C=O) groups is 1. The molecule has 5 heteroatoms. The lowest BCUT2D eigenvalue weighted by atomic mass is 9.89. The Morgan fingerprint density at radius 1 is 1.22 bits per heavy atom. The van der Waals surface area contributed by atoms with Gasteiger partial charge in [0, 0.05) is 18.0 Å². The first-order valence-corrected chi connectivity index (χ1v) is 8.34. The molecule has 1 fully saturated rings. The standard InChI is InChI=1S/C18H21N3O2/c22-18(14-12-23-17-9-4-1-6-13(14)17)20-15-7-2-3-8-16(15)21-11-5-10-19-21/h1,4-6,9-11,14-16H,2-3,7-8,12H2,(H,20,22)/t14-,15-,16-/m1/s1. The first kappa shape index (κ1) is 14.3. The number of amides is 1. The van der Waals surface area contributed by atoms with E-state index in [1.54, 1.807) is 6.20 Å². The molecule has 120 valence electrons. The number of nitrogens with zero attached hydrogens (tertiary/aromatic N) is 2. The van der Waals surface area contributed by atoms with Crippen LogP contribution in [0.5, 0.6) is 5.75 Å². The van der Waals surface area contributed by atoms with Crippen LogP contribution in [0, 0.1) is 0 Å². The molecule has 0 spiro atoms. The summed E-state index contributed by atoms with van der Waals surface area (Å²) >= 11 is 0. The van der Waals surface area contributed by atoms with Gasteiger partial charge in [0.05, 0.1) is 12.1 Å². The molecular weight excluding hydrogens is 290 g/mol. The second-order valence-corrected chi connectivity index (χ2v) is 6.35. The zero-order valence-electron chi connectivity index (χ0n) is 13.0. The van der Waals surface area contributed by atoms with Crippen molar-refractivity contribution in [2.75, 3.05) is 6.61 Å². The Labute approximate surface area is 135 Å². The van der Waals surface area contributed by atoms with E-state index < -0.39 is 0 Å². The number of ether oxygens (including phenoxy) is 1. The molecule has 23 heavy (non-hydrogen) atoms. The summed E-state index contributed by atoms with van der Waals surface area (Å²) in [6, 6.07) is 10.1. The number of rotatable bonds is 3. The highest BCUT2D eigenvalue weighted by Gasteiger charge is 2.34. The average Bonchev–Trinajstić information content (AvgIpc) is 3.25. The van der Waals surface area contributed by atoms with Crippen LogP contribution < -0.4 is 10.1 Å². The van der Waals surface area contributed by atoms with E-state index in [1.807, 2.05) is 41.2 Å². The molecule has 3 atom stereocenters. The maximum Gasteiger partial charge on any atom is 0.231 e. The van der Waals surface area contributed by atoms with E-state index in [9.17, 15) is 4.79 Å². The zero-order valence-corrected chi connectivity index (χ0v) is 13.0. The third-order valence-corrected chi connectivity index (χ3v) is 4.94. The van der Waals surface area contributed by atoms with Gasteiger partial charge in [-0.15, -0.1) is 0 Å². The molecule has 2 aromatic rings. The van der Waals surface area contributed by atoms with Crippen molar-refractivity contribution in [3.8, 4) is 5.75 Å². The second kappa shape index (κ2) is 6.07. The molecule has 1 aromatic heterocycles. The van der Waals surface area contributed by atoms with Crippen LogP contribution in [0.15, 0.2) is 42.7 Å². The summed E-state index contributed by atoms with van der Waals surface area (Å²) in [6.45, 7) is 0.435. The van der Waals surface area contributed by atoms with E-state index in [-0.39, 0.29) is 23.9 Å². The highest BCUT2D eigenvalue weighted by molar-refractivity contribution is 5.85. The summed E-state index contributed by atoms with van der Waals surface area (Å²) in [5.74, 6) is 0.699. The van der Waals surface area contributed by atoms with Crippen LogP contribution in [0.25, 0.3) is 0 Å². The fourth-order valence-corrected chi connectivity index (χ4v) is 3.74. The van der Waals surface area contributed by atoms with Gasteiger partial charge < -0.3 is 10.1 Å². The van der Waals surface area contributed by atoms with Crippen molar-refractivity contribution in [2.24, 2.45) is 0 Å². The lowest BCUT2D eigenvalue weighted by Crippen LogP contribution is -2.45. The summed E-state index contributed by atoms with van der Waals surface area (Å²) in [5.41, 5.74) is 0.997. The molecule has 5 nitrogen and oxygen atoms in total. The summed E-state index contributed by atoms with van der Waals surface area (Å²) in [7, 11) is 0. The van der Waals surface area contributed by atoms with Crippen molar-refractivity contribution in [1.82, 2.24) is 15.1 Å². The first-order chi connectivity index (χ1) is 11.3. The number of hydrogen-bond acceptors (Lipinski definition) is 3. The summed E-state index contributed by atoms with van der Waals surface area (Å²) in [6.07, 6.45) is 8.19. The van der Waals surface area contributed by atoms with Crippen molar-refractivity contribution < 1.29 is 9.53 Å². The fraction of sp³-hybridized carbons (Fsp3) is 0.444. The van der Waals surface area contributed by atoms with Crippen molar-refractivity contribution in [3.05, 3.63) is 48.3 Å². The molecule has 0 radical (unpaired) electrons. The number of carbonyl (C=O) groups excluding carboxylic acids is 1. The molecule has 1 saturated carbocycles. The SMILES string of the molecule is O=C(N[C@@H]1CCCC[C@H]1n1cccn1)[C@@H]1COc2ccccc21. The molecule has 1 aromatic carbocycles. The van der Waals surface area contributed by atoms with Crippen LogP contribution in [0.1, 0.15) is 43.2 Å². The van der Waals surface area contributed by atoms with Crippen molar-refractivity contribution >= 4 is 5.91 Å². The number of para-hydroxylation sites is 1. The molecule has 2 aliphatic rings. The molecule has 2 heterocycles. The third kappa shape index (κ3) is 2.71. The van der Waals surface area contributed by atoms with Gasteiger partial charge in [-0.05, 0) is 25.0 Å². The minimum Gasteiger partial charge on any atom is -0.492 e. The van der Waals surface area contributed by atoms with E-state index in [4.69, 9.17) is 4.74 Å². The molecular formula is C18H21N3O2. The molecule has 0 bridgehead atoms. The first-order valence-electron chi connectivity index (χ1n) is 8.34. The maximum atomic E-state index is 12.8. The Kier molecular flexibility index (Phi) is 3.77. The van der Waals surface area contributed by atoms with Crippen molar-refractivity contribution in [3.63, 3.8) is 0 Å². The van der Waals surface area contributed by atoms with Gasteiger partial charge in [-0.25, -0.2) is 0 Å². The van der Waals surface area contributed by atoms with Crippen LogP contribution in [0.3, 0.4) is 0 Å². The number of fused-ring (bicyclic) bond motifs is 1. The van der Waals surface area contributed by atoms with Gasteiger partial charge in [0.25, 0.3) is 0 Å². The molecule has 1 amide bonds. The highest BCUT2D eigenvalue weighted by Crippen LogP contribution is 2.34. The Balaban J connectivity index is 1.49. The number of benzene rings is 1. The maximum absolute atomic E-state index is 12.8. The highest BCUT2D eigenvalue weighted by atomic mass is 16.5. The molecule has 4 rings (SSSR count). The summed E-state index contributed by atoms with van der Waals surface area (Å²) in [4.78, 5) is 12.8. The minimum absolute atomic E-state index is 0.0685. The summed E-state index contributed by atoms with van der Waals surface area (Å²) in [5, 5.41) is 7.63. The van der Waals surface area contributed by atoms with Gasteiger partial charge in [0.2, 0.25) is 5.91 Å². The predicted octanol–water partition coefficient (Wildman–Crippen LogP) is 2.66. The van der Waals surface area contributed by atoms with E-state index in [0.29, 0.717) is 6.61 Å². The topological polar surface area (TPSA) is 56.2 Å². The lowest BCUT2D eigenvalue weighted by Gasteiger charge is -2.33. The fourth-order valence-electron chi connectivity index (χ4n) is 3.74. The van der Waals surface area contributed by atoms with Gasteiger partial charge in [-0.1, -0.05) is 31.0 Å². The van der Waals surface area contributed by atoms with Gasteiger partial charge >= 0.3 is 0 Å². The van der Waals surface area contributed by atoms with Gasteiger partial charge in [0.15, 0.2) is 0 Å². The molecule has 1 aliphatic carbocycles. The van der Waals surface area contributed by atoms with E-state index in [2.05, 4.69) is 10.4 Å². The monoisotopic (exact) mass is 311 g/mol. The Morgan fingerprint density at radius 3 is 2.96 bits per heavy atom.